The molecule has 0 radical (unpaired) electrons. The molecule has 1 fully saturated rings. The molecule has 0 spiro atoms. The van der Waals surface area contributed by atoms with Crippen LogP contribution in [0.4, 0.5) is 0 Å². The third kappa shape index (κ3) is 3.37. The van der Waals surface area contributed by atoms with Crippen LogP contribution in [0.5, 0.6) is 0 Å². The molecule has 20 heavy (non-hydrogen) atoms. The molecule has 1 aliphatic heterocycles. The number of carboxylic acid groups (broad SMARTS) is 1. The number of carbonyl (C=O) groups is 1. The third-order valence-corrected chi connectivity index (χ3v) is 5.39. The smallest absolute Gasteiger partial charge is 0.335 e. The van der Waals surface area contributed by atoms with Crippen LogP contribution >= 0.6 is 0 Å². The molecule has 2 rings (SSSR count). The number of benzene rings is 1. The summed E-state index contributed by atoms with van der Waals surface area (Å²) in [5.41, 5.74) is 0.564. The molecule has 5 nitrogen and oxygen atoms in total. The highest BCUT2D eigenvalue weighted by Gasteiger charge is 2.23. The Hall–Kier alpha value is -1.40. The van der Waals surface area contributed by atoms with Crippen LogP contribution in [-0.2, 0) is 14.6 Å². The van der Waals surface area contributed by atoms with E-state index in [1.54, 1.807) is 6.92 Å². The van der Waals surface area contributed by atoms with E-state index >= 15 is 0 Å². The molecule has 0 amide bonds. The lowest BCUT2D eigenvalue weighted by Gasteiger charge is -2.11. The van der Waals surface area contributed by atoms with Crippen LogP contribution in [0.3, 0.4) is 0 Å². The summed E-state index contributed by atoms with van der Waals surface area (Å²) in [6.45, 7) is 2.36. The van der Waals surface area contributed by atoms with E-state index in [4.69, 9.17) is 9.84 Å². The predicted molar refractivity (Wildman–Crippen MR) is 73.8 cm³/mol. The summed E-state index contributed by atoms with van der Waals surface area (Å²) < 4.78 is 30.1. The maximum Gasteiger partial charge on any atom is 0.335 e. The summed E-state index contributed by atoms with van der Waals surface area (Å²) in [4.78, 5) is 11.1. The molecule has 1 aliphatic rings. The maximum absolute atomic E-state index is 12.3. The summed E-state index contributed by atoms with van der Waals surface area (Å²) in [6.07, 6.45) is 2.33. The lowest BCUT2D eigenvalue weighted by atomic mass is 10.1. The van der Waals surface area contributed by atoms with Crippen molar-refractivity contribution in [1.82, 2.24) is 0 Å². The van der Waals surface area contributed by atoms with Gasteiger partial charge in [-0.3, -0.25) is 0 Å². The molecule has 0 aliphatic carbocycles. The molecular weight excluding hydrogens is 280 g/mol. The van der Waals surface area contributed by atoms with Crippen molar-refractivity contribution in [3.8, 4) is 0 Å². The Morgan fingerprint density at radius 2 is 2.20 bits per heavy atom. The largest absolute Gasteiger partial charge is 0.478 e. The summed E-state index contributed by atoms with van der Waals surface area (Å²) in [6, 6.07) is 4.18. The number of aryl methyl sites for hydroxylation is 1. The first kappa shape index (κ1) is 15.0. The van der Waals surface area contributed by atoms with E-state index in [1.165, 1.54) is 18.2 Å². The Balaban J connectivity index is 2.19. The first-order valence-corrected chi connectivity index (χ1v) is 8.24. The summed E-state index contributed by atoms with van der Waals surface area (Å²) in [5.74, 6) is -1.14. The van der Waals surface area contributed by atoms with Crippen LogP contribution in [0.15, 0.2) is 23.1 Å². The van der Waals surface area contributed by atoms with Gasteiger partial charge in [0.2, 0.25) is 0 Å². The van der Waals surface area contributed by atoms with Crippen molar-refractivity contribution in [2.75, 3.05) is 12.4 Å². The zero-order valence-corrected chi connectivity index (χ0v) is 12.1. The summed E-state index contributed by atoms with van der Waals surface area (Å²) in [7, 11) is -3.48. The van der Waals surface area contributed by atoms with Gasteiger partial charge in [0.15, 0.2) is 9.84 Å². The molecule has 6 heteroatoms. The zero-order valence-electron chi connectivity index (χ0n) is 11.3. The molecule has 1 aromatic rings. The molecule has 1 N–H and O–H groups in total. The number of rotatable bonds is 5. The molecule has 1 heterocycles. The number of hydrogen-bond acceptors (Lipinski definition) is 4. The highest BCUT2D eigenvalue weighted by atomic mass is 32.2. The Kier molecular flexibility index (Phi) is 4.45. The molecule has 0 saturated carbocycles. The van der Waals surface area contributed by atoms with Crippen molar-refractivity contribution in [3.63, 3.8) is 0 Å². The minimum Gasteiger partial charge on any atom is -0.478 e. The molecule has 110 valence electrons. The monoisotopic (exact) mass is 298 g/mol. The number of aromatic carboxylic acids is 1. The molecule has 0 aromatic heterocycles. The summed E-state index contributed by atoms with van der Waals surface area (Å²) in [5, 5.41) is 8.95. The van der Waals surface area contributed by atoms with Crippen molar-refractivity contribution < 1.29 is 23.1 Å². The lowest BCUT2D eigenvalue weighted by molar-refractivity contribution is 0.0696. The zero-order chi connectivity index (χ0) is 14.8. The number of ether oxygens (including phenoxy) is 1. The average Bonchev–Trinajstić information content (AvgIpc) is 2.89. The molecule has 1 atom stereocenters. The van der Waals surface area contributed by atoms with Gasteiger partial charge in [0.25, 0.3) is 0 Å². The van der Waals surface area contributed by atoms with Gasteiger partial charge in [-0.1, -0.05) is 6.07 Å². The molecule has 1 saturated heterocycles. The van der Waals surface area contributed by atoms with Gasteiger partial charge in [0.05, 0.1) is 22.3 Å². The van der Waals surface area contributed by atoms with Gasteiger partial charge < -0.3 is 9.84 Å². The highest BCUT2D eigenvalue weighted by Crippen LogP contribution is 2.22. The van der Waals surface area contributed by atoms with E-state index in [9.17, 15) is 13.2 Å². The first-order valence-electron chi connectivity index (χ1n) is 6.58. The van der Waals surface area contributed by atoms with Crippen molar-refractivity contribution in [2.45, 2.75) is 37.2 Å². The van der Waals surface area contributed by atoms with Crippen LogP contribution in [0.25, 0.3) is 0 Å². The van der Waals surface area contributed by atoms with Gasteiger partial charge in [0, 0.05) is 6.61 Å². The van der Waals surface area contributed by atoms with Gasteiger partial charge in [-0.2, -0.15) is 0 Å². The fourth-order valence-electron chi connectivity index (χ4n) is 2.34. The van der Waals surface area contributed by atoms with E-state index in [1.807, 2.05) is 0 Å². The van der Waals surface area contributed by atoms with Crippen LogP contribution in [0, 0.1) is 6.92 Å². The molecule has 0 bridgehead atoms. The van der Waals surface area contributed by atoms with Gasteiger partial charge in [-0.15, -0.1) is 0 Å². The van der Waals surface area contributed by atoms with Crippen LogP contribution in [0.1, 0.15) is 35.2 Å². The fraction of sp³-hybridized carbons (Fsp3) is 0.500. The summed E-state index contributed by atoms with van der Waals surface area (Å²) >= 11 is 0. The average molecular weight is 298 g/mol. The van der Waals surface area contributed by atoms with E-state index < -0.39 is 15.8 Å². The molecule has 1 unspecified atom stereocenters. The standard InChI is InChI=1S/C14H18O5S/c1-10-4-5-11(14(15)16)9-13(10)20(17,18)8-6-12-3-2-7-19-12/h4-5,9,12H,2-3,6-8H2,1H3,(H,15,16). The van der Waals surface area contributed by atoms with Crippen molar-refractivity contribution in [3.05, 3.63) is 29.3 Å². The van der Waals surface area contributed by atoms with E-state index in [-0.39, 0.29) is 22.3 Å². The third-order valence-electron chi connectivity index (χ3n) is 3.50. The SMILES string of the molecule is Cc1ccc(C(=O)O)cc1S(=O)(=O)CCC1CCCO1. The second kappa shape index (κ2) is 5.93. The van der Waals surface area contributed by atoms with E-state index in [0.717, 1.165) is 12.8 Å². The lowest BCUT2D eigenvalue weighted by Crippen LogP contribution is -2.16. The minimum absolute atomic E-state index is 0.00716. The van der Waals surface area contributed by atoms with Gasteiger partial charge in [-0.25, -0.2) is 13.2 Å². The number of carboxylic acids is 1. The Morgan fingerprint density at radius 3 is 2.80 bits per heavy atom. The topological polar surface area (TPSA) is 80.7 Å². The van der Waals surface area contributed by atoms with Crippen molar-refractivity contribution >= 4 is 15.8 Å². The van der Waals surface area contributed by atoms with Crippen molar-refractivity contribution in [1.29, 1.82) is 0 Å². The Labute approximate surface area is 118 Å². The second-order valence-electron chi connectivity index (χ2n) is 5.03. The second-order valence-corrected chi connectivity index (χ2v) is 7.11. The normalized spacial score (nSPS) is 19.1. The number of sulfone groups is 1. The van der Waals surface area contributed by atoms with Gasteiger partial charge >= 0.3 is 5.97 Å². The maximum atomic E-state index is 12.3. The first-order chi connectivity index (χ1) is 9.40. The Bertz CT molecular complexity index is 600. The van der Waals surface area contributed by atoms with E-state index in [0.29, 0.717) is 18.6 Å². The van der Waals surface area contributed by atoms with E-state index in [2.05, 4.69) is 0 Å². The van der Waals surface area contributed by atoms with Gasteiger partial charge in [-0.05, 0) is 43.9 Å². The van der Waals surface area contributed by atoms with Gasteiger partial charge in [0.1, 0.15) is 0 Å². The highest BCUT2D eigenvalue weighted by molar-refractivity contribution is 7.91. The van der Waals surface area contributed by atoms with Crippen molar-refractivity contribution in [2.24, 2.45) is 0 Å². The van der Waals surface area contributed by atoms with Crippen LogP contribution < -0.4 is 0 Å². The predicted octanol–water partition coefficient (Wildman–Crippen LogP) is 2.04. The fourth-order valence-corrected chi connectivity index (χ4v) is 3.99. The Morgan fingerprint density at radius 1 is 1.45 bits per heavy atom. The quantitative estimate of drug-likeness (QED) is 0.899. The number of hydrogen-bond donors (Lipinski definition) is 1. The van der Waals surface area contributed by atoms with Crippen LogP contribution in [0.2, 0.25) is 0 Å². The minimum atomic E-state index is -3.48. The van der Waals surface area contributed by atoms with Crippen LogP contribution in [-0.4, -0.2) is 38.0 Å². The molecule has 1 aromatic carbocycles. The molecular formula is C14H18O5S.